The van der Waals surface area contributed by atoms with Crippen molar-refractivity contribution in [1.29, 1.82) is 0 Å². The Bertz CT molecular complexity index is 1040. The van der Waals surface area contributed by atoms with E-state index in [4.69, 9.17) is 22.1 Å². The summed E-state index contributed by atoms with van der Waals surface area (Å²) in [6.07, 6.45) is 3.82. The Balaban J connectivity index is 1.55. The number of rotatable bonds is 5. The van der Waals surface area contributed by atoms with Crippen molar-refractivity contribution in [2.24, 2.45) is 11.7 Å². The highest BCUT2D eigenvalue weighted by Crippen LogP contribution is 2.39. The van der Waals surface area contributed by atoms with Gasteiger partial charge in [-0.3, -0.25) is 14.4 Å². The normalized spacial score (nSPS) is 18.3. The third-order valence-corrected chi connectivity index (χ3v) is 7.02. The molecule has 1 aromatic heterocycles. The summed E-state index contributed by atoms with van der Waals surface area (Å²) >= 11 is 7.50. The molecule has 0 radical (unpaired) electrons. The Morgan fingerprint density at radius 1 is 1.30 bits per heavy atom. The molecule has 30 heavy (non-hydrogen) atoms. The Morgan fingerprint density at radius 2 is 2.07 bits per heavy atom. The van der Waals surface area contributed by atoms with Crippen LogP contribution in [0.3, 0.4) is 0 Å². The van der Waals surface area contributed by atoms with Gasteiger partial charge in [-0.1, -0.05) is 11.6 Å². The number of halogens is 1. The van der Waals surface area contributed by atoms with Gasteiger partial charge in [0.15, 0.2) is 0 Å². The van der Waals surface area contributed by atoms with Crippen LogP contribution >= 0.6 is 22.9 Å². The van der Waals surface area contributed by atoms with E-state index in [-0.39, 0.29) is 24.8 Å². The van der Waals surface area contributed by atoms with Crippen molar-refractivity contribution in [3.63, 3.8) is 0 Å². The number of carbonyl (C=O) groups is 3. The van der Waals surface area contributed by atoms with Gasteiger partial charge in [-0.15, -0.1) is 11.3 Å². The van der Waals surface area contributed by atoms with E-state index >= 15 is 0 Å². The van der Waals surface area contributed by atoms with Crippen LogP contribution in [0, 0.1) is 5.92 Å². The molecule has 0 saturated carbocycles. The summed E-state index contributed by atoms with van der Waals surface area (Å²) in [5.74, 6) is -1.06. The molecule has 1 unspecified atom stereocenters. The first-order valence-electron chi connectivity index (χ1n) is 9.78. The van der Waals surface area contributed by atoms with E-state index in [2.05, 4.69) is 5.32 Å². The number of hydrogen-bond donors (Lipinski definition) is 2. The Kier molecular flexibility index (Phi) is 5.71. The van der Waals surface area contributed by atoms with Crippen LogP contribution in [0.15, 0.2) is 18.2 Å². The molecule has 0 spiro atoms. The second-order valence-electron chi connectivity index (χ2n) is 7.49. The quantitative estimate of drug-likeness (QED) is 0.733. The summed E-state index contributed by atoms with van der Waals surface area (Å²) in [6, 6.07) is 5.02. The largest absolute Gasteiger partial charge is 0.495 e. The number of anilines is 2. The molecule has 3 N–H and O–H groups in total. The van der Waals surface area contributed by atoms with Gasteiger partial charge >= 0.3 is 0 Å². The van der Waals surface area contributed by atoms with Crippen molar-refractivity contribution < 1.29 is 19.1 Å². The first-order valence-corrected chi connectivity index (χ1v) is 11.0. The number of carbonyl (C=O) groups excluding carboxylic acids is 3. The lowest BCUT2D eigenvalue weighted by Gasteiger charge is -2.19. The lowest BCUT2D eigenvalue weighted by atomic mass is 9.95. The van der Waals surface area contributed by atoms with E-state index in [0.29, 0.717) is 27.0 Å². The highest BCUT2D eigenvalue weighted by Gasteiger charge is 2.37. The summed E-state index contributed by atoms with van der Waals surface area (Å²) in [5.41, 5.74) is 7.52. The maximum Gasteiger partial charge on any atom is 0.251 e. The fourth-order valence-electron chi connectivity index (χ4n) is 4.12. The predicted octanol–water partition coefficient (Wildman–Crippen LogP) is 3.38. The zero-order valence-electron chi connectivity index (χ0n) is 16.5. The van der Waals surface area contributed by atoms with Crippen molar-refractivity contribution in [2.75, 3.05) is 23.9 Å². The Hall–Kier alpha value is -2.58. The summed E-state index contributed by atoms with van der Waals surface area (Å²) < 4.78 is 5.34. The molecule has 158 valence electrons. The lowest BCUT2D eigenvalue weighted by Crippen LogP contribution is -2.28. The number of methoxy groups -OCH3 is 1. The topological polar surface area (TPSA) is 102 Å². The highest BCUT2D eigenvalue weighted by molar-refractivity contribution is 7.17. The van der Waals surface area contributed by atoms with Crippen molar-refractivity contribution in [2.45, 2.75) is 32.1 Å². The summed E-state index contributed by atoms with van der Waals surface area (Å²) in [5, 5.41) is 3.83. The standard InChI is InChI=1S/C21H22ClN3O4S/c1-29-15-7-6-12(22)9-14(15)25-10-11(8-17(25)26)20(28)24-21-18(19(23)27)13-4-2-3-5-16(13)30-21/h6-7,9,11H,2-5,8,10H2,1H3,(H2,23,27)(H,24,28). The van der Waals surface area contributed by atoms with Crippen LogP contribution in [-0.4, -0.2) is 31.4 Å². The molecule has 2 heterocycles. The summed E-state index contributed by atoms with van der Waals surface area (Å²) in [4.78, 5) is 40.2. The van der Waals surface area contributed by atoms with E-state index < -0.39 is 11.8 Å². The molecular formula is C21H22ClN3O4S. The van der Waals surface area contributed by atoms with E-state index in [1.54, 1.807) is 18.2 Å². The molecule has 9 heteroatoms. The zero-order chi connectivity index (χ0) is 21.4. The molecule has 1 aliphatic carbocycles. The van der Waals surface area contributed by atoms with Gasteiger partial charge in [0.05, 0.1) is 24.3 Å². The van der Waals surface area contributed by atoms with Crippen molar-refractivity contribution in [3.05, 3.63) is 39.2 Å². The first-order chi connectivity index (χ1) is 14.4. The maximum absolute atomic E-state index is 13.0. The Morgan fingerprint density at radius 3 is 2.80 bits per heavy atom. The molecule has 7 nitrogen and oxygen atoms in total. The SMILES string of the molecule is COc1ccc(Cl)cc1N1CC(C(=O)Nc2sc3c(c2C(N)=O)CCCC3)CC1=O. The van der Waals surface area contributed by atoms with E-state index in [0.717, 1.165) is 36.1 Å². The first kappa shape index (κ1) is 20.7. The molecule has 0 bridgehead atoms. The number of primary amides is 1. The number of nitrogens with two attached hydrogens (primary N) is 1. The Labute approximate surface area is 183 Å². The highest BCUT2D eigenvalue weighted by atomic mass is 35.5. The van der Waals surface area contributed by atoms with Crippen LogP contribution in [-0.2, 0) is 22.4 Å². The van der Waals surface area contributed by atoms with Gasteiger partial charge in [0.1, 0.15) is 10.8 Å². The molecule has 3 amide bonds. The second-order valence-corrected chi connectivity index (χ2v) is 9.03. The average molecular weight is 448 g/mol. The van der Waals surface area contributed by atoms with Gasteiger partial charge in [0.2, 0.25) is 11.8 Å². The molecule has 1 saturated heterocycles. The minimum Gasteiger partial charge on any atom is -0.495 e. The van der Waals surface area contributed by atoms with Gasteiger partial charge in [-0.2, -0.15) is 0 Å². The minimum atomic E-state index is -0.555. The second kappa shape index (κ2) is 8.28. The lowest BCUT2D eigenvalue weighted by molar-refractivity contribution is -0.122. The van der Waals surface area contributed by atoms with Crippen LogP contribution in [0.4, 0.5) is 10.7 Å². The van der Waals surface area contributed by atoms with Crippen LogP contribution in [0.2, 0.25) is 5.02 Å². The maximum atomic E-state index is 13.0. The number of amides is 3. The van der Waals surface area contributed by atoms with Gasteiger partial charge in [-0.25, -0.2) is 0 Å². The predicted molar refractivity (Wildman–Crippen MR) is 117 cm³/mol. The molecule has 1 aliphatic heterocycles. The van der Waals surface area contributed by atoms with Gasteiger partial charge < -0.3 is 20.7 Å². The van der Waals surface area contributed by atoms with Crippen LogP contribution in [0.5, 0.6) is 5.75 Å². The number of fused-ring (bicyclic) bond motifs is 1. The molecule has 2 aromatic rings. The summed E-state index contributed by atoms with van der Waals surface area (Å²) in [6.45, 7) is 0.207. The molecule has 1 aromatic carbocycles. The number of benzene rings is 1. The monoisotopic (exact) mass is 447 g/mol. The van der Waals surface area contributed by atoms with Gasteiger partial charge in [0.25, 0.3) is 5.91 Å². The van der Waals surface area contributed by atoms with E-state index in [1.807, 2.05) is 0 Å². The number of hydrogen-bond acceptors (Lipinski definition) is 5. The number of ether oxygens (including phenoxy) is 1. The van der Waals surface area contributed by atoms with Gasteiger partial charge in [0, 0.05) is 22.9 Å². The van der Waals surface area contributed by atoms with Crippen LogP contribution in [0.25, 0.3) is 0 Å². The van der Waals surface area contributed by atoms with Crippen molar-refractivity contribution in [1.82, 2.24) is 0 Å². The molecular weight excluding hydrogens is 426 g/mol. The third-order valence-electron chi connectivity index (χ3n) is 5.58. The van der Waals surface area contributed by atoms with E-state index in [1.165, 1.54) is 23.3 Å². The summed E-state index contributed by atoms with van der Waals surface area (Å²) in [7, 11) is 1.52. The molecule has 1 atom stereocenters. The van der Waals surface area contributed by atoms with Gasteiger partial charge in [-0.05, 0) is 49.4 Å². The van der Waals surface area contributed by atoms with Crippen LogP contribution < -0.4 is 20.7 Å². The smallest absolute Gasteiger partial charge is 0.251 e. The van der Waals surface area contributed by atoms with Crippen molar-refractivity contribution in [3.8, 4) is 5.75 Å². The van der Waals surface area contributed by atoms with Crippen molar-refractivity contribution >= 4 is 51.3 Å². The molecule has 4 rings (SSSR count). The number of thiophene rings is 1. The molecule has 2 aliphatic rings. The minimum absolute atomic E-state index is 0.0680. The van der Waals surface area contributed by atoms with E-state index in [9.17, 15) is 14.4 Å². The average Bonchev–Trinajstić information content (AvgIpc) is 3.28. The fraction of sp³-hybridized carbons (Fsp3) is 0.381. The molecule has 1 fully saturated rings. The van der Waals surface area contributed by atoms with Crippen LogP contribution in [0.1, 0.15) is 40.1 Å². The zero-order valence-corrected chi connectivity index (χ0v) is 18.1. The number of nitrogens with one attached hydrogen (secondary N) is 1. The number of aryl methyl sites for hydroxylation is 1. The third kappa shape index (κ3) is 3.77. The number of nitrogens with zero attached hydrogens (tertiary/aromatic N) is 1. The fourth-order valence-corrected chi connectivity index (χ4v) is 5.58.